The van der Waals surface area contributed by atoms with Crippen molar-refractivity contribution in [3.8, 4) is 11.5 Å². The molecule has 1 aliphatic carbocycles. The first-order valence-electron chi connectivity index (χ1n) is 7.59. The van der Waals surface area contributed by atoms with Crippen LogP contribution in [-0.2, 0) is 0 Å². The van der Waals surface area contributed by atoms with E-state index in [2.05, 4.69) is 27.4 Å². The average Bonchev–Trinajstić information content (AvgIpc) is 3.09. The van der Waals surface area contributed by atoms with Crippen LogP contribution >= 0.6 is 0 Å². The molecule has 0 radical (unpaired) electrons. The number of nitrogens with one attached hydrogen (secondary N) is 2. The molecule has 5 heteroatoms. The minimum atomic E-state index is 0.341. The molecule has 2 heterocycles. The van der Waals surface area contributed by atoms with Gasteiger partial charge in [0.2, 0.25) is 11.7 Å². The summed E-state index contributed by atoms with van der Waals surface area (Å²) < 4.78 is 5.54. The molecule has 0 saturated heterocycles. The van der Waals surface area contributed by atoms with Gasteiger partial charge < -0.3 is 14.8 Å². The third-order valence-electron chi connectivity index (χ3n) is 4.08. The predicted molar refractivity (Wildman–Crippen MR) is 77.4 cm³/mol. The minimum Gasteiger partial charge on any atom is -0.359 e. The Hall–Kier alpha value is -1.62. The Morgan fingerprint density at radius 2 is 2.25 bits per heavy atom. The quantitative estimate of drug-likeness (QED) is 0.841. The summed E-state index contributed by atoms with van der Waals surface area (Å²) in [6, 6.07) is 4.36. The number of nitrogens with zero attached hydrogens (tertiary/aromatic N) is 2. The normalized spacial score (nSPS) is 23.6. The Morgan fingerprint density at radius 1 is 1.35 bits per heavy atom. The van der Waals surface area contributed by atoms with Crippen molar-refractivity contribution in [1.29, 1.82) is 0 Å². The molecule has 2 aromatic heterocycles. The van der Waals surface area contributed by atoms with Gasteiger partial charge in [-0.3, -0.25) is 0 Å². The van der Waals surface area contributed by atoms with E-state index in [0.717, 1.165) is 24.6 Å². The minimum absolute atomic E-state index is 0.341. The van der Waals surface area contributed by atoms with Crippen LogP contribution in [0.15, 0.2) is 22.9 Å². The molecule has 3 rings (SSSR count). The third kappa shape index (κ3) is 2.77. The fourth-order valence-corrected chi connectivity index (χ4v) is 3.07. The number of aromatic nitrogens is 3. The predicted octanol–water partition coefficient (Wildman–Crippen LogP) is 3.09. The van der Waals surface area contributed by atoms with E-state index in [1.54, 1.807) is 0 Å². The Morgan fingerprint density at radius 3 is 3.05 bits per heavy atom. The first-order valence-corrected chi connectivity index (χ1v) is 7.59. The Bertz CT molecular complexity index is 520. The van der Waals surface area contributed by atoms with Gasteiger partial charge in [0.05, 0.1) is 11.6 Å². The van der Waals surface area contributed by atoms with Crippen LogP contribution in [0.3, 0.4) is 0 Å². The number of rotatable bonds is 4. The van der Waals surface area contributed by atoms with Crippen molar-refractivity contribution >= 4 is 0 Å². The van der Waals surface area contributed by atoms with Gasteiger partial charge in [0.25, 0.3) is 0 Å². The lowest BCUT2D eigenvalue weighted by Gasteiger charge is -2.22. The molecule has 2 N–H and O–H groups in total. The van der Waals surface area contributed by atoms with Crippen LogP contribution < -0.4 is 5.32 Å². The maximum atomic E-state index is 5.54. The largest absolute Gasteiger partial charge is 0.359 e. The fourth-order valence-electron chi connectivity index (χ4n) is 3.07. The third-order valence-corrected chi connectivity index (χ3v) is 4.08. The molecule has 2 unspecified atom stereocenters. The second-order valence-corrected chi connectivity index (χ2v) is 5.45. The molecule has 0 amide bonds. The highest BCUT2D eigenvalue weighted by atomic mass is 16.5. The van der Waals surface area contributed by atoms with Crippen molar-refractivity contribution in [2.75, 3.05) is 6.54 Å². The maximum absolute atomic E-state index is 5.54. The molecule has 5 nitrogen and oxygen atoms in total. The Kier molecular flexibility index (Phi) is 4.16. The summed E-state index contributed by atoms with van der Waals surface area (Å²) in [4.78, 5) is 7.72. The molecular formula is C15H22N4O. The van der Waals surface area contributed by atoms with Crippen LogP contribution in [-0.4, -0.2) is 27.7 Å². The van der Waals surface area contributed by atoms with Crippen LogP contribution in [0, 0.1) is 0 Å². The van der Waals surface area contributed by atoms with Gasteiger partial charge in [-0.15, -0.1) is 0 Å². The van der Waals surface area contributed by atoms with Crippen LogP contribution in [0.1, 0.15) is 50.8 Å². The average molecular weight is 274 g/mol. The summed E-state index contributed by atoms with van der Waals surface area (Å²) in [5.74, 6) is 1.78. The van der Waals surface area contributed by atoms with Crippen LogP contribution in [0.5, 0.6) is 0 Å². The van der Waals surface area contributed by atoms with Crippen molar-refractivity contribution in [2.24, 2.45) is 0 Å². The molecule has 0 spiro atoms. The van der Waals surface area contributed by atoms with E-state index in [1.165, 1.54) is 25.7 Å². The van der Waals surface area contributed by atoms with E-state index >= 15 is 0 Å². The number of H-pyrrole nitrogens is 1. The summed E-state index contributed by atoms with van der Waals surface area (Å²) in [7, 11) is 0. The van der Waals surface area contributed by atoms with Crippen LogP contribution in [0.2, 0.25) is 0 Å². The van der Waals surface area contributed by atoms with E-state index in [1.807, 2.05) is 18.3 Å². The molecule has 0 aromatic carbocycles. The maximum Gasteiger partial charge on any atom is 0.231 e. The van der Waals surface area contributed by atoms with Gasteiger partial charge in [-0.2, -0.15) is 4.98 Å². The molecule has 2 aromatic rings. The lowest BCUT2D eigenvalue weighted by atomic mass is 9.94. The number of aromatic amines is 1. The Labute approximate surface area is 119 Å². The fraction of sp³-hybridized carbons (Fsp3) is 0.600. The number of hydrogen-bond donors (Lipinski definition) is 2. The smallest absolute Gasteiger partial charge is 0.231 e. The second kappa shape index (κ2) is 6.22. The van der Waals surface area contributed by atoms with Crippen molar-refractivity contribution in [3.05, 3.63) is 24.2 Å². The van der Waals surface area contributed by atoms with Gasteiger partial charge in [0, 0.05) is 12.2 Å². The zero-order chi connectivity index (χ0) is 13.8. The molecule has 2 atom stereocenters. The summed E-state index contributed by atoms with van der Waals surface area (Å²) in [5.41, 5.74) is 0.911. The standard InChI is InChI=1S/C15H22N4O/c1-2-16-12-8-5-3-4-7-11(12)15-18-14(19-20-15)13-9-6-10-17-13/h6,9-12,16-17H,2-5,7-8H2,1H3. The molecular weight excluding hydrogens is 252 g/mol. The van der Waals surface area contributed by atoms with Crippen molar-refractivity contribution in [2.45, 2.75) is 51.0 Å². The highest BCUT2D eigenvalue weighted by Crippen LogP contribution is 2.32. The summed E-state index contributed by atoms with van der Waals surface area (Å²) >= 11 is 0. The first-order chi connectivity index (χ1) is 9.88. The highest BCUT2D eigenvalue weighted by Gasteiger charge is 2.29. The van der Waals surface area contributed by atoms with Gasteiger partial charge in [-0.1, -0.05) is 31.3 Å². The van der Waals surface area contributed by atoms with Gasteiger partial charge in [-0.05, 0) is 31.5 Å². The number of hydrogen-bond acceptors (Lipinski definition) is 4. The monoisotopic (exact) mass is 274 g/mol. The van der Waals surface area contributed by atoms with E-state index in [9.17, 15) is 0 Å². The second-order valence-electron chi connectivity index (χ2n) is 5.45. The molecule has 1 saturated carbocycles. The van der Waals surface area contributed by atoms with E-state index in [0.29, 0.717) is 17.8 Å². The molecule has 0 aliphatic heterocycles. The van der Waals surface area contributed by atoms with Crippen LogP contribution in [0.25, 0.3) is 11.5 Å². The SMILES string of the molecule is CCNC1CCCCCC1c1nc(-c2ccc[nH]2)no1. The van der Waals surface area contributed by atoms with E-state index in [4.69, 9.17) is 4.52 Å². The Balaban J connectivity index is 1.82. The van der Waals surface area contributed by atoms with Gasteiger partial charge in [0.15, 0.2) is 0 Å². The topological polar surface area (TPSA) is 66.7 Å². The summed E-state index contributed by atoms with van der Waals surface area (Å²) in [6.45, 7) is 3.14. The van der Waals surface area contributed by atoms with E-state index < -0.39 is 0 Å². The molecule has 0 bridgehead atoms. The van der Waals surface area contributed by atoms with Crippen molar-refractivity contribution in [1.82, 2.24) is 20.4 Å². The van der Waals surface area contributed by atoms with E-state index in [-0.39, 0.29) is 0 Å². The van der Waals surface area contributed by atoms with Crippen molar-refractivity contribution in [3.63, 3.8) is 0 Å². The zero-order valence-electron chi connectivity index (χ0n) is 11.9. The first kappa shape index (κ1) is 13.4. The lowest BCUT2D eigenvalue weighted by molar-refractivity contribution is 0.306. The molecule has 108 valence electrons. The van der Waals surface area contributed by atoms with Gasteiger partial charge in [0.1, 0.15) is 0 Å². The van der Waals surface area contributed by atoms with Gasteiger partial charge in [-0.25, -0.2) is 0 Å². The van der Waals surface area contributed by atoms with Crippen molar-refractivity contribution < 1.29 is 4.52 Å². The lowest BCUT2D eigenvalue weighted by Crippen LogP contribution is -2.34. The number of likely N-dealkylation sites (N-methyl/N-ethyl adjacent to an activating group) is 1. The van der Waals surface area contributed by atoms with Gasteiger partial charge >= 0.3 is 0 Å². The molecule has 20 heavy (non-hydrogen) atoms. The molecule has 1 fully saturated rings. The summed E-state index contributed by atoms with van der Waals surface area (Å²) in [6.07, 6.45) is 8.02. The van der Waals surface area contributed by atoms with Crippen LogP contribution in [0.4, 0.5) is 0 Å². The highest BCUT2D eigenvalue weighted by molar-refractivity contribution is 5.47. The molecule has 1 aliphatic rings. The zero-order valence-corrected chi connectivity index (χ0v) is 11.9. The summed E-state index contributed by atoms with van der Waals surface area (Å²) in [5, 5.41) is 7.70.